The zero-order valence-corrected chi connectivity index (χ0v) is 18.4. The summed E-state index contributed by atoms with van der Waals surface area (Å²) in [5.74, 6) is -1.59. The van der Waals surface area contributed by atoms with Gasteiger partial charge in [-0.25, -0.2) is 0 Å². The van der Waals surface area contributed by atoms with Crippen LogP contribution < -0.4 is 15.5 Å². The second-order valence-corrected chi connectivity index (χ2v) is 8.14. The van der Waals surface area contributed by atoms with Gasteiger partial charge >= 0.3 is 11.8 Å². The number of carbonyl (C=O) groups is 2. The first kappa shape index (κ1) is 23.2. The summed E-state index contributed by atoms with van der Waals surface area (Å²) >= 11 is 0. The molecule has 0 saturated carbocycles. The van der Waals surface area contributed by atoms with Crippen molar-refractivity contribution in [2.45, 2.75) is 45.4 Å². The molecule has 170 valence electrons. The van der Waals surface area contributed by atoms with E-state index in [1.54, 1.807) is 6.92 Å². The lowest BCUT2D eigenvalue weighted by Gasteiger charge is -2.22. The van der Waals surface area contributed by atoms with Crippen LogP contribution in [0.4, 0.5) is 17.1 Å². The van der Waals surface area contributed by atoms with Crippen LogP contribution in [-0.2, 0) is 16.0 Å². The predicted molar refractivity (Wildman–Crippen MR) is 125 cm³/mol. The molecule has 0 aliphatic carbocycles. The third-order valence-electron chi connectivity index (χ3n) is 5.72. The molecular formula is C24H30N4O4. The molecule has 0 radical (unpaired) electrons. The summed E-state index contributed by atoms with van der Waals surface area (Å²) in [6.07, 6.45) is 6.61. The molecule has 0 spiro atoms. The third-order valence-corrected chi connectivity index (χ3v) is 5.72. The summed E-state index contributed by atoms with van der Waals surface area (Å²) in [6.45, 7) is 4.30. The molecule has 0 bridgehead atoms. The van der Waals surface area contributed by atoms with Gasteiger partial charge in [-0.05, 0) is 55.9 Å². The minimum absolute atomic E-state index is 0.145. The summed E-state index contributed by atoms with van der Waals surface area (Å²) in [5, 5.41) is 16.0. The van der Waals surface area contributed by atoms with Gasteiger partial charge in [0.2, 0.25) is 0 Å². The van der Waals surface area contributed by atoms with Crippen LogP contribution in [0.5, 0.6) is 0 Å². The van der Waals surface area contributed by atoms with E-state index in [9.17, 15) is 19.7 Å². The highest BCUT2D eigenvalue weighted by atomic mass is 16.6. The number of rotatable bonds is 7. The second-order valence-electron chi connectivity index (χ2n) is 8.14. The van der Waals surface area contributed by atoms with E-state index in [2.05, 4.69) is 39.8 Å². The lowest BCUT2D eigenvalue weighted by Crippen LogP contribution is -2.36. The molecule has 0 unspecified atom stereocenters. The normalized spacial score (nSPS) is 13.8. The van der Waals surface area contributed by atoms with Crippen molar-refractivity contribution in [3.05, 3.63) is 63.7 Å². The number of hydrogen-bond donors (Lipinski definition) is 2. The van der Waals surface area contributed by atoms with E-state index in [4.69, 9.17) is 0 Å². The van der Waals surface area contributed by atoms with Gasteiger partial charge in [0.1, 0.15) is 0 Å². The largest absolute Gasteiger partial charge is 0.372 e. The van der Waals surface area contributed by atoms with E-state index < -0.39 is 16.7 Å². The first-order chi connectivity index (χ1) is 15.4. The van der Waals surface area contributed by atoms with Crippen LogP contribution in [0.1, 0.15) is 43.2 Å². The number of non-ortho nitro benzene ring substituents is 1. The summed E-state index contributed by atoms with van der Waals surface area (Å²) in [4.78, 5) is 37.0. The van der Waals surface area contributed by atoms with E-state index in [1.807, 2.05) is 0 Å². The molecule has 2 N–H and O–H groups in total. The molecule has 1 saturated heterocycles. The molecule has 32 heavy (non-hydrogen) atoms. The SMILES string of the molecule is Cc1ccc([N+](=O)[O-])cc1NC(=O)C(=O)NCCCc1ccc(N2CCCCCC2)cc1. The third kappa shape index (κ3) is 6.54. The van der Waals surface area contributed by atoms with Crippen LogP contribution in [0.15, 0.2) is 42.5 Å². The van der Waals surface area contributed by atoms with Crippen LogP contribution in [0.2, 0.25) is 0 Å². The lowest BCUT2D eigenvalue weighted by molar-refractivity contribution is -0.384. The number of anilines is 2. The van der Waals surface area contributed by atoms with Crippen molar-refractivity contribution < 1.29 is 14.5 Å². The van der Waals surface area contributed by atoms with Gasteiger partial charge < -0.3 is 15.5 Å². The zero-order chi connectivity index (χ0) is 22.9. The number of nitro benzene ring substituents is 1. The molecule has 1 aliphatic heterocycles. The van der Waals surface area contributed by atoms with Crippen molar-refractivity contribution in [2.24, 2.45) is 0 Å². The van der Waals surface area contributed by atoms with Crippen LogP contribution >= 0.6 is 0 Å². The summed E-state index contributed by atoms with van der Waals surface area (Å²) in [6, 6.07) is 12.7. The number of nitrogens with zero attached hydrogens (tertiary/aromatic N) is 2. The Balaban J connectivity index is 1.42. The standard InChI is InChI=1S/C24H30N4O4/c1-18-8-11-21(28(31)32)17-22(18)26-24(30)23(29)25-14-6-7-19-9-12-20(13-10-19)27-15-4-2-3-5-16-27/h8-13,17H,2-7,14-16H2,1H3,(H,25,29)(H,26,30). The Labute approximate surface area is 188 Å². The van der Waals surface area contributed by atoms with Crippen molar-refractivity contribution in [3.63, 3.8) is 0 Å². The van der Waals surface area contributed by atoms with E-state index >= 15 is 0 Å². The van der Waals surface area contributed by atoms with Crippen LogP contribution in [0.25, 0.3) is 0 Å². The molecule has 8 nitrogen and oxygen atoms in total. The lowest BCUT2D eigenvalue weighted by atomic mass is 10.1. The molecular weight excluding hydrogens is 408 g/mol. The summed E-state index contributed by atoms with van der Waals surface area (Å²) in [7, 11) is 0. The number of benzene rings is 2. The van der Waals surface area contributed by atoms with E-state index in [0.717, 1.165) is 19.5 Å². The first-order valence-electron chi connectivity index (χ1n) is 11.1. The number of nitrogens with one attached hydrogen (secondary N) is 2. The van der Waals surface area contributed by atoms with Gasteiger partial charge in [0.15, 0.2) is 0 Å². The van der Waals surface area contributed by atoms with Crippen molar-refractivity contribution in [2.75, 3.05) is 29.9 Å². The van der Waals surface area contributed by atoms with E-state index in [0.29, 0.717) is 18.5 Å². The minimum Gasteiger partial charge on any atom is -0.372 e. The number of hydrogen-bond acceptors (Lipinski definition) is 5. The Hall–Kier alpha value is -3.42. The monoisotopic (exact) mass is 438 g/mol. The molecule has 1 aliphatic rings. The Morgan fingerprint density at radius 3 is 2.34 bits per heavy atom. The van der Waals surface area contributed by atoms with Crippen molar-refractivity contribution in [1.82, 2.24) is 5.32 Å². The maximum Gasteiger partial charge on any atom is 0.313 e. The van der Waals surface area contributed by atoms with Crippen LogP contribution in [0, 0.1) is 17.0 Å². The molecule has 1 fully saturated rings. The quantitative estimate of drug-likeness (QED) is 0.295. The Kier molecular flexibility index (Phi) is 8.19. The molecule has 0 aromatic heterocycles. The molecule has 2 aromatic rings. The zero-order valence-electron chi connectivity index (χ0n) is 18.4. The number of amides is 2. The highest BCUT2D eigenvalue weighted by Gasteiger charge is 2.16. The van der Waals surface area contributed by atoms with Gasteiger partial charge in [-0.1, -0.05) is 31.0 Å². The molecule has 1 heterocycles. The average molecular weight is 439 g/mol. The highest BCUT2D eigenvalue weighted by Crippen LogP contribution is 2.22. The van der Waals surface area contributed by atoms with Gasteiger partial charge in [-0.3, -0.25) is 19.7 Å². The van der Waals surface area contributed by atoms with Gasteiger partial charge in [-0.2, -0.15) is 0 Å². The van der Waals surface area contributed by atoms with Gasteiger partial charge in [0.05, 0.1) is 10.6 Å². The second kappa shape index (κ2) is 11.3. The van der Waals surface area contributed by atoms with Crippen molar-refractivity contribution in [1.29, 1.82) is 0 Å². The fraction of sp³-hybridized carbons (Fsp3) is 0.417. The fourth-order valence-electron chi connectivity index (χ4n) is 3.81. The maximum absolute atomic E-state index is 12.1. The molecule has 2 aromatic carbocycles. The topological polar surface area (TPSA) is 105 Å². The average Bonchev–Trinajstić information content (AvgIpc) is 3.08. The Morgan fingerprint density at radius 2 is 1.69 bits per heavy atom. The van der Waals surface area contributed by atoms with Crippen LogP contribution in [-0.4, -0.2) is 36.4 Å². The van der Waals surface area contributed by atoms with Gasteiger partial charge in [0.25, 0.3) is 5.69 Å². The van der Waals surface area contributed by atoms with E-state index in [1.165, 1.54) is 55.1 Å². The van der Waals surface area contributed by atoms with Crippen molar-refractivity contribution in [3.8, 4) is 0 Å². The number of carbonyl (C=O) groups excluding carboxylic acids is 2. The van der Waals surface area contributed by atoms with Crippen LogP contribution in [0.3, 0.4) is 0 Å². The summed E-state index contributed by atoms with van der Waals surface area (Å²) < 4.78 is 0. The van der Waals surface area contributed by atoms with E-state index in [-0.39, 0.29) is 11.4 Å². The maximum atomic E-state index is 12.1. The molecule has 0 atom stereocenters. The smallest absolute Gasteiger partial charge is 0.313 e. The molecule has 3 rings (SSSR count). The fourth-order valence-corrected chi connectivity index (χ4v) is 3.81. The first-order valence-corrected chi connectivity index (χ1v) is 11.1. The van der Waals surface area contributed by atoms with Gasteiger partial charge in [0, 0.05) is 37.5 Å². The molecule has 8 heteroatoms. The predicted octanol–water partition coefficient (Wildman–Crippen LogP) is 3.97. The number of nitro groups is 1. The molecule has 2 amide bonds. The van der Waals surface area contributed by atoms with Gasteiger partial charge in [-0.15, -0.1) is 0 Å². The number of aryl methyl sites for hydroxylation is 2. The Morgan fingerprint density at radius 1 is 1.00 bits per heavy atom. The minimum atomic E-state index is -0.838. The highest BCUT2D eigenvalue weighted by molar-refractivity contribution is 6.39. The summed E-state index contributed by atoms with van der Waals surface area (Å²) in [5.41, 5.74) is 3.20. The van der Waals surface area contributed by atoms with Crippen molar-refractivity contribution >= 4 is 28.9 Å². The Bertz CT molecular complexity index is 951.